The second kappa shape index (κ2) is 9.38. The Morgan fingerprint density at radius 3 is 2.74 bits per heavy atom. The highest BCUT2D eigenvalue weighted by Gasteiger charge is 2.34. The highest BCUT2D eigenvalue weighted by Crippen LogP contribution is 2.40. The average Bonchev–Trinajstić information content (AvgIpc) is 3.40. The molecule has 2 aromatic heterocycles. The zero-order valence-electron chi connectivity index (χ0n) is 19.9. The number of hydrogen-bond acceptors (Lipinski definition) is 6. The number of benzene rings is 1. The molecule has 1 aliphatic rings. The van der Waals surface area contributed by atoms with Crippen LogP contribution in [0.3, 0.4) is 0 Å². The molecule has 0 radical (unpaired) electrons. The van der Waals surface area contributed by atoms with Crippen molar-refractivity contribution in [3.05, 3.63) is 51.9 Å². The Hall–Kier alpha value is -2.91. The molecule has 1 amide bonds. The molecule has 8 nitrogen and oxygen atoms in total. The van der Waals surface area contributed by atoms with Gasteiger partial charge >= 0.3 is 0 Å². The number of amides is 1. The van der Waals surface area contributed by atoms with Gasteiger partial charge in [0.15, 0.2) is 5.82 Å². The molecule has 34 heavy (non-hydrogen) atoms. The summed E-state index contributed by atoms with van der Waals surface area (Å²) in [5.74, 6) is -0.479. The first-order chi connectivity index (χ1) is 16.1. The SMILES string of the molecule is CO[C@H]1CCN(C(=O)c2c(F)c(Cl)cc(C(C)c3nc(C)c4c(N)nccn34)c2OC(C)C)C1. The quantitative estimate of drug-likeness (QED) is 0.557. The van der Waals surface area contributed by atoms with E-state index < -0.39 is 17.6 Å². The summed E-state index contributed by atoms with van der Waals surface area (Å²) in [6.45, 7) is 8.25. The van der Waals surface area contributed by atoms with E-state index >= 15 is 4.39 Å². The number of likely N-dealkylation sites (tertiary alicyclic amines) is 1. The zero-order valence-corrected chi connectivity index (χ0v) is 20.7. The molecule has 2 atom stereocenters. The van der Waals surface area contributed by atoms with E-state index in [9.17, 15) is 4.79 Å². The molecular formula is C24H29ClFN5O3. The summed E-state index contributed by atoms with van der Waals surface area (Å²) in [5.41, 5.74) is 7.88. The minimum atomic E-state index is -0.795. The first-order valence-corrected chi connectivity index (χ1v) is 11.6. The van der Waals surface area contributed by atoms with E-state index in [4.69, 9.17) is 31.8 Å². The van der Waals surface area contributed by atoms with Crippen molar-refractivity contribution in [2.45, 2.75) is 52.2 Å². The van der Waals surface area contributed by atoms with E-state index in [1.54, 1.807) is 24.4 Å². The second-order valence-electron chi connectivity index (χ2n) is 8.84. The van der Waals surface area contributed by atoms with Crippen LogP contribution in [0.4, 0.5) is 10.2 Å². The van der Waals surface area contributed by atoms with Gasteiger partial charge in [-0.2, -0.15) is 0 Å². The normalized spacial score (nSPS) is 17.1. The van der Waals surface area contributed by atoms with Crippen LogP contribution in [0.2, 0.25) is 5.02 Å². The number of methoxy groups -OCH3 is 1. The maximum Gasteiger partial charge on any atom is 0.260 e. The van der Waals surface area contributed by atoms with Gasteiger partial charge in [0.05, 0.1) is 22.9 Å². The van der Waals surface area contributed by atoms with Crippen LogP contribution in [0.15, 0.2) is 18.5 Å². The molecule has 10 heteroatoms. The molecule has 1 aliphatic heterocycles. The fourth-order valence-electron chi connectivity index (χ4n) is 4.48. The molecule has 0 spiro atoms. The summed E-state index contributed by atoms with van der Waals surface area (Å²) >= 11 is 6.33. The smallest absolute Gasteiger partial charge is 0.260 e. The molecule has 3 aromatic rings. The highest BCUT2D eigenvalue weighted by molar-refractivity contribution is 6.31. The lowest BCUT2D eigenvalue weighted by Crippen LogP contribution is -2.31. The Morgan fingerprint density at radius 2 is 2.09 bits per heavy atom. The fourth-order valence-corrected chi connectivity index (χ4v) is 4.69. The predicted octanol–water partition coefficient (Wildman–Crippen LogP) is 4.21. The number of fused-ring (bicyclic) bond motifs is 1. The van der Waals surface area contributed by atoms with Crippen LogP contribution in [0.5, 0.6) is 5.75 Å². The second-order valence-corrected chi connectivity index (χ2v) is 9.25. The molecule has 4 rings (SSSR count). The van der Waals surface area contributed by atoms with Gasteiger partial charge in [-0.15, -0.1) is 0 Å². The van der Waals surface area contributed by atoms with Gasteiger partial charge in [0.2, 0.25) is 0 Å². The van der Waals surface area contributed by atoms with Crippen LogP contribution in [0, 0.1) is 12.7 Å². The van der Waals surface area contributed by atoms with Gasteiger partial charge in [0.25, 0.3) is 5.91 Å². The Balaban J connectivity index is 1.88. The van der Waals surface area contributed by atoms with Crippen LogP contribution >= 0.6 is 11.6 Å². The Kier molecular flexibility index (Phi) is 6.69. The summed E-state index contributed by atoms with van der Waals surface area (Å²) in [6, 6.07) is 1.51. The number of anilines is 1. The van der Waals surface area contributed by atoms with E-state index in [0.717, 1.165) is 0 Å². The number of carbonyl (C=O) groups excluding carboxylic acids is 1. The van der Waals surface area contributed by atoms with Crippen LogP contribution < -0.4 is 10.5 Å². The molecule has 2 N–H and O–H groups in total. The topological polar surface area (TPSA) is 95.0 Å². The summed E-state index contributed by atoms with van der Waals surface area (Å²) < 4.78 is 28.7. The Morgan fingerprint density at radius 1 is 1.35 bits per heavy atom. The first kappa shape index (κ1) is 24.2. The lowest BCUT2D eigenvalue weighted by Gasteiger charge is -2.24. The number of aryl methyl sites for hydroxylation is 1. The van der Waals surface area contributed by atoms with Crippen LogP contribution in [0.25, 0.3) is 5.52 Å². The monoisotopic (exact) mass is 489 g/mol. The van der Waals surface area contributed by atoms with Gasteiger partial charge < -0.3 is 20.1 Å². The standard InChI is InChI=1S/C24H29ClFN5O3/c1-12(2)34-21-16(13(3)23-29-14(4)20-22(27)28-7-9-31(20)23)10-17(25)19(26)18(21)24(32)30-8-6-15(11-30)33-5/h7,9-10,12-13,15H,6,8,11H2,1-5H3,(H2,27,28)/t13?,15-/m0/s1. The van der Waals surface area contributed by atoms with Crippen molar-refractivity contribution in [1.29, 1.82) is 0 Å². The van der Waals surface area contributed by atoms with E-state index in [1.807, 2.05) is 32.1 Å². The predicted molar refractivity (Wildman–Crippen MR) is 128 cm³/mol. The van der Waals surface area contributed by atoms with Gasteiger partial charge in [0, 0.05) is 44.1 Å². The van der Waals surface area contributed by atoms with Crippen molar-refractivity contribution >= 4 is 28.8 Å². The van der Waals surface area contributed by atoms with Crippen molar-refractivity contribution in [3.8, 4) is 5.75 Å². The molecule has 1 unspecified atom stereocenters. The van der Waals surface area contributed by atoms with Crippen LogP contribution in [-0.4, -0.2) is 57.6 Å². The van der Waals surface area contributed by atoms with Gasteiger partial charge in [-0.3, -0.25) is 9.20 Å². The number of aromatic nitrogens is 3. The summed E-state index contributed by atoms with van der Waals surface area (Å²) in [7, 11) is 1.60. The molecule has 3 heterocycles. The zero-order chi connectivity index (χ0) is 24.7. The largest absolute Gasteiger partial charge is 0.490 e. The molecule has 1 fully saturated rings. The van der Waals surface area contributed by atoms with E-state index in [2.05, 4.69) is 4.98 Å². The number of nitrogen functional groups attached to an aromatic ring is 1. The minimum Gasteiger partial charge on any atom is -0.490 e. The third-order valence-corrected chi connectivity index (χ3v) is 6.45. The van der Waals surface area contributed by atoms with Crippen molar-refractivity contribution in [2.75, 3.05) is 25.9 Å². The molecule has 0 aliphatic carbocycles. The Labute approximate surface area is 202 Å². The van der Waals surface area contributed by atoms with Crippen molar-refractivity contribution < 1.29 is 18.7 Å². The molecule has 0 bridgehead atoms. The molecule has 1 aromatic carbocycles. The number of nitrogens with zero attached hydrogens (tertiary/aromatic N) is 4. The lowest BCUT2D eigenvalue weighted by molar-refractivity contribution is 0.0713. The van der Waals surface area contributed by atoms with Crippen molar-refractivity contribution in [1.82, 2.24) is 19.3 Å². The summed E-state index contributed by atoms with van der Waals surface area (Å²) in [5, 5.41) is -0.150. The van der Waals surface area contributed by atoms with Crippen LogP contribution in [-0.2, 0) is 4.74 Å². The fraction of sp³-hybridized carbons (Fsp3) is 0.458. The molecule has 1 saturated heterocycles. The van der Waals surface area contributed by atoms with Crippen molar-refractivity contribution in [3.63, 3.8) is 0 Å². The van der Waals surface area contributed by atoms with E-state index in [0.29, 0.717) is 47.9 Å². The third-order valence-electron chi connectivity index (χ3n) is 6.17. The number of imidazole rings is 1. The number of halogens is 2. The van der Waals surface area contributed by atoms with Crippen LogP contribution in [0.1, 0.15) is 60.5 Å². The summed E-state index contributed by atoms with van der Waals surface area (Å²) in [4.78, 5) is 23.9. The minimum absolute atomic E-state index is 0.0858. The van der Waals surface area contributed by atoms with E-state index in [1.165, 1.54) is 6.07 Å². The number of nitrogens with two attached hydrogens (primary N) is 1. The van der Waals surface area contributed by atoms with E-state index in [-0.39, 0.29) is 28.5 Å². The van der Waals surface area contributed by atoms with Gasteiger partial charge in [-0.1, -0.05) is 18.5 Å². The van der Waals surface area contributed by atoms with Gasteiger partial charge in [-0.05, 0) is 33.3 Å². The van der Waals surface area contributed by atoms with Gasteiger partial charge in [-0.25, -0.2) is 14.4 Å². The number of ether oxygens (including phenoxy) is 2. The maximum absolute atomic E-state index is 15.4. The maximum atomic E-state index is 15.4. The third kappa shape index (κ3) is 4.18. The average molecular weight is 490 g/mol. The van der Waals surface area contributed by atoms with Crippen molar-refractivity contribution in [2.24, 2.45) is 0 Å². The first-order valence-electron chi connectivity index (χ1n) is 11.2. The highest BCUT2D eigenvalue weighted by atomic mass is 35.5. The molecule has 0 saturated carbocycles. The molecular weight excluding hydrogens is 461 g/mol. The summed E-state index contributed by atoms with van der Waals surface area (Å²) in [6.07, 6.45) is 3.66. The number of hydrogen-bond donors (Lipinski definition) is 1. The number of rotatable bonds is 6. The number of carbonyl (C=O) groups is 1. The Bertz CT molecular complexity index is 1250. The lowest BCUT2D eigenvalue weighted by atomic mass is 9.95. The molecule has 182 valence electrons. The van der Waals surface area contributed by atoms with Gasteiger partial charge in [0.1, 0.15) is 28.5 Å².